The van der Waals surface area contributed by atoms with E-state index in [1.165, 1.54) is 99.4 Å². The van der Waals surface area contributed by atoms with Crippen LogP contribution in [-0.2, 0) is 5.41 Å². The van der Waals surface area contributed by atoms with Gasteiger partial charge in [-0.15, -0.1) is 0 Å². The highest BCUT2D eigenvalue weighted by Crippen LogP contribution is 2.57. The van der Waals surface area contributed by atoms with Crippen molar-refractivity contribution in [3.63, 3.8) is 0 Å². The van der Waals surface area contributed by atoms with Gasteiger partial charge in [0, 0.05) is 5.41 Å². The van der Waals surface area contributed by atoms with Crippen LogP contribution in [0.1, 0.15) is 25.0 Å². The zero-order valence-electron chi connectivity index (χ0n) is 26.5. The van der Waals surface area contributed by atoms with Gasteiger partial charge in [-0.05, 0) is 118 Å². The second kappa shape index (κ2) is 9.64. The molecule has 8 aromatic carbocycles. The van der Waals surface area contributed by atoms with Crippen LogP contribution < -0.4 is 0 Å². The maximum absolute atomic E-state index is 2.48. The smallest absolute Gasteiger partial charge is 0.0159 e. The minimum absolute atomic E-state index is 0.109. The number of hydrogen-bond donors (Lipinski definition) is 0. The molecule has 0 amide bonds. The van der Waals surface area contributed by atoms with E-state index in [-0.39, 0.29) is 5.41 Å². The van der Waals surface area contributed by atoms with Crippen molar-refractivity contribution >= 4 is 21.5 Å². The maximum atomic E-state index is 2.48. The second-order valence-electron chi connectivity index (χ2n) is 13.7. The Hall–Kier alpha value is -5.72. The van der Waals surface area contributed by atoms with Crippen molar-refractivity contribution in [2.45, 2.75) is 19.3 Å². The molecule has 0 N–H and O–H groups in total. The van der Waals surface area contributed by atoms with E-state index in [2.05, 4.69) is 172 Å². The normalized spacial score (nSPS) is 13.5. The molecule has 0 saturated heterocycles. The molecule has 47 heavy (non-hydrogen) atoms. The highest BCUT2D eigenvalue weighted by Gasteiger charge is 2.36. The zero-order valence-corrected chi connectivity index (χ0v) is 26.5. The molecular formula is C47H32. The first-order chi connectivity index (χ1) is 23.1. The molecule has 0 bridgehead atoms. The van der Waals surface area contributed by atoms with Crippen LogP contribution >= 0.6 is 0 Å². The largest absolute Gasteiger partial charge is 0.0622 e. The third kappa shape index (κ3) is 3.70. The van der Waals surface area contributed by atoms with Gasteiger partial charge < -0.3 is 0 Å². The summed E-state index contributed by atoms with van der Waals surface area (Å²) in [5.74, 6) is 0. The molecule has 0 atom stereocenters. The van der Waals surface area contributed by atoms with Gasteiger partial charge in [0.15, 0.2) is 0 Å². The highest BCUT2D eigenvalue weighted by atomic mass is 14.4. The molecule has 8 aromatic rings. The van der Waals surface area contributed by atoms with Crippen LogP contribution in [0.2, 0.25) is 0 Å². The summed E-state index contributed by atoms with van der Waals surface area (Å²) in [6, 6.07) is 58.7. The van der Waals surface area contributed by atoms with E-state index in [4.69, 9.17) is 0 Å². The van der Waals surface area contributed by atoms with E-state index in [1.807, 2.05) is 0 Å². The third-order valence-electron chi connectivity index (χ3n) is 10.8. The van der Waals surface area contributed by atoms with Crippen molar-refractivity contribution in [2.24, 2.45) is 0 Å². The summed E-state index contributed by atoms with van der Waals surface area (Å²) >= 11 is 0. The molecule has 0 heteroatoms. The van der Waals surface area contributed by atoms with Gasteiger partial charge in [0.05, 0.1) is 0 Å². The maximum Gasteiger partial charge on any atom is 0.0159 e. The summed E-state index contributed by atoms with van der Waals surface area (Å²) in [5.41, 5.74) is 18.5. The molecule has 0 saturated carbocycles. The molecule has 0 heterocycles. The fourth-order valence-corrected chi connectivity index (χ4v) is 8.55. The number of rotatable bonds is 3. The Morgan fingerprint density at radius 2 is 0.957 bits per heavy atom. The fourth-order valence-electron chi connectivity index (χ4n) is 8.55. The molecule has 2 aliphatic rings. The van der Waals surface area contributed by atoms with Gasteiger partial charge in [0.2, 0.25) is 0 Å². The zero-order chi connectivity index (χ0) is 31.3. The number of fused-ring (bicyclic) bond motifs is 7. The van der Waals surface area contributed by atoms with Crippen molar-refractivity contribution in [3.8, 4) is 66.8 Å². The van der Waals surface area contributed by atoms with Crippen LogP contribution in [0.3, 0.4) is 0 Å². The lowest BCUT2D eigenvalue weighted by Crippen LogP contribution is -2.15. The van der Waals surface area contributed by atoms with Gasteiger partial charge in [0.1, 0.15) is 0 Å². The summed E-state index contributed by atoms with van der Waals surface area (Å²) in [5, 5.41) is 5.24. The molecule has 220 valence electrons. The van der Waals surface area contributed by atoms with Crippen LogP contribution in [0, 0.1) is 0 Å². The second-order valence-corrected chi connectivity index (χ2v) is 13.7. The molecule has 0 spiro atoms. The predicted octanol–water partition coefficient (Wildman–Crippen LogP) is 12.9. The monoisotopic (exact) mass is 596 g/mol. The molecule has 0 unspecified atom stereocenters. The Morgan fingerprint density at radius 1 is 0.340 bits per heavy atom. The van der Waals surface area contributed by atoms with Gasteiger partial charge in [-0.2, -0.15) is 0 Å². The number of benzene rings is 8. The first kappa shape index (κ1) is 26.5. The van der Waals surface area contributed by atoms with Crippen molar-refractivity contribution in [3.05, 3.63) is 169 Å². The summed E-state index contributed by atoms with van der Waals surface area (Å²) in [7, 11) is 0. The van der Waals surface area contributed by atoms with Crippen LogP contribution in [0.5, 0.6) is 0 Å². The Morgan fingerprint density at radius 3 is 1.72 bits per heavy atom. The molecule has 2 aliphatic carbocycles. The van der Waals surface area contributed by atoms with E-state index in [1.54, 1.807) is 0 Å². The topological polar surface area (TPSA) is 0 Å². The number of hydrogen-bond acceptors (Lipinski definition) is 0. The van der Waals surface area contributed by atoms with Gasteiger partial charge in [0.25, 0.3) is 0 Å². The first-order valence-corrected chi connectivity index (χ1v) is 16.6. The molecule has 0 aromatic heterocycles. The lowest BCUT2D eigenvalue weighted by Gasteiger charge is -2.23. The summed E-state index contributed by atoms with van der Waals surface area (Å²) in [6.07, 6.45) is 0. The SMILES string of the molecule is CC1(C)c2cc(-c3ccccc3)ccc2-c2ccc(-c3ccc4cccc5c4c3-c3cc4ccccc4c(-c4ccccc4)c3-5)cc21. The molecule has 0 nitrogen and oxygen atoms in total. The van der Waals surface area contributed by atoms with Crippen molar-refractivity contribution in [1.29, 1.82) is 0 Å². The Labute approximate surface area is 275 Å². The first-order valence-electron chi connectivity index (χ1n) is 16.6. The quantitative estimate of drug-likeness (QED) is 0.190. The van der Waals surface area contributed by atoms with Gasteiger partial charge in [-0.25, -0.2) is 0 Å². The van der Waals surface area contributed by atoms with Gasteiger partial charge in [-0.1, -0.05) is 153 Å². The minimum Gasteiger partial charge on any atom is -0.0622 e. The molecule has 0 aliphatic heterocycles. The third-order valence-corrected chi connectivity index (χ3v) is 10.8. The van der Waals surface area contributed by atoms with E-state index in [0.717, 1.165) is 0 Å². The predicted molar refractivity (Wildman–Crippen MR) is 200 cm³/mol. The van der Waals surface area contributed by atoms with Crippen LogP contribution in [0.15, 0.2) is 158 Å². The Balaban J connectivity index is 1.20. The van der Waals surface area contributed by atoms with Crippen LogP contribution in [0.4, 0.5) is 0 Å². The van der Waals surface area contributed by atoms with Gasteiger partial charge >= 0.3 is 0 Å². The van der Waals surface area contributed by atoms with Crippen molar-refractivity contribution in [2.75, 3.05) is 0 Å². The van der Waals surface area contributed by atoms with Crippen LogP contribution in [-0.4, -0.2) is 0 Å². The lowest BCUT2D eigenvalue weighted by molar-refractivity contribution is 0.661. The van der Waals surface area contributed by atoms with E-state index >= 15 is 0 Å². The van der Waals surface area contributed by atoms with Crippen molar-refractivity contribution < 1.29 is 0 Å². The molecule has 10 rings (SSSR count). The van der Waals surface area contributed by atoms with Crippen molar-refractivity contribution in [1.82, 2.24) is 0 Å². The van der Waals surface area contributed by atoms with E-state index in [0.29, 0.717) is 0 Å². The Bertz CT molecular complexity index is 2570. The average Bonchev–Trinajstić information content (AvgIpc) is 3.57. The van der Waals surface area contributed by atoms with Crippen LogP contribution in [0.25, 0.3) is 88.3 Å². The minimum atomic E-state index is -0.109. The standard InChI is InChI=1S/C47H32/c1-47(2)41-27-32(29-12-5-3-6-13-29)21-24-37(41)38-25-22-34(28-42(38)47)36-23-20-31-17-11-19-39-44(31)45(36)40-26-33-16-9-10-18-35(33)43(46(39)40)30-14-7-4-8-15-30/h3-28H,1-2H3. The molecule has 0 radical (unpaired) electrons. The summed E-state index contributed by atoms with van der Waals surface area (Å²) in [4.78, 5) is 0. The highest BCUT2D eigenvalue weighted by molar-refractivity contribution is 6.25. The lowest BCUT2D eigenvalue weighted by atomic mass is 9.80. The average molecular weight is 597 g/mol. The fraction of sp³-hybridized carbons (Fsp3) is 0.0638. The van der Waals surface area contributed by atoms with Gasteiger partial charge in [-0.3, -0.25) is 0 Å². The Kier molecular flexibility index (Phi) is 5.44. The van der Waals surface area contributed by atoms with E-state index in [9.17, 15) is 0 Å². The summed E-state index contributed by atoms with van der Waals surface area (Å²) in [6.45, 7) is 4.78. The molecule has 0 fully saturated rings. The van der Waals surface area contributed by atoms with E-state index < -0.39 is 0 Å². The summed E-state index contributed by atoms with van der Waals surface area (Å²) < 4.78 is 0. The molecular weight excluding hydrogens is 565 g/mol.